The number of hydrogen-bond acceptors (Lipinski definition) is 3. The second kappa shape index (κ2) is 9.21. The summed E-state index contributed by atoms with van der Waals surface area (Å²) in [5.74, 6) is 2.50. The average molecular weight is 327 g/mol. The first-order chi connectivity index (χ1) is 11.5. The number of anilines is 1. The van der Waals surface area contributed by atoms with Crippen molar-refractivity contribution in [1.82, 2.24) is 0 Å². The second-order valence-electron chi connectivity index (χ2n) is 6.72. The SMILES string of the molecule is CC(C)CCOc1ccc(CNc2cccc(OC(C)C)c2)cc1. The van der Waals surface area contributed by atoms with Gasteiger partial charge in [-0.05, 0) is 56.0 Å². The molecule has 0 aliphatic rings. The van der Waals surface area contributed by atoms with Crippen LogP contribution in [0.3, 0.4) is 0 Å². The minimum absolute atomic E-state index is 0.184. The molecule has 0 fully saturated rings. The van der Waals surface area contributed by atoms with Gasteiger partial charge in [-0.1, -0.05) is 32.0 Å². The van der Waals surface area contributed by atoms with Crippen LogP contribution >= 0.6 is 0 Å². The van der Waals surface area contributed by atoms with Crippen molar-refractivity contribution in [3.8, 4) is 11.5 Å². The van der Waals surface area contributed by atoms with E-state index in [9.17, 15) is 0 Å². The number of hydrogen-bond donors (Lipinski definition) is 1. The van der Waals surface area contributed by atoms with Gasteiger partial charge in [0, 0.05) is 18.3 Å². The minimum Gasteiger partial charge on any atom is -0.494 e. The van der Waals surface area contributed by atoms with Gasteiger partial charge in [-0.25, -0.2) is 0 Å². The topological polar surface area (TPSA) is 30.5 Å². The van der Waals surface area contributed by atoms with Crippen molar-refractivity contribution < 1.29 is 9.47 Å². The Bertz CT molecular complexity index is 605. The molecule has 0 unspecified atom stereocenters. The lowest BCUT2D eigenvalue weighted by atomic mass is 10.1. The molecule has 0 saturated heterocycles. The van der Waals surface area contributed by atoms with E-state index in [4.69, 9.17) is 9.47 Å². The summed E-state index contributed by atoms with van der Waals surface area (Å²) in [7, 11) is 0. The molecule has 0 aliphatic carbocycles. The van der Waals surface area contributed by atoms with Gasteiger partial charge in [0.2, 0.25) is 0 Å². The first-order valence-electron chi connectivity index (χ1n) is 8.75. The molecule has 0 saturated carbocycles. The van der Waals surface area contributed by atoms with Gasteiger partial charge in [-0.3, -0.25) is 0 Å². The van der Waals surface area contributed by atoms with E-state index in [1.54, 1.807) is 0 Å². The van der Waals surface area contributed by atoms with Crippen molar-refractivity contribution in [2.24, 2.45) is 5.92 Å². The van der Waals surface area contributed by atoms with Crippen LogP contribution in [-0.4, -0.2) is 12.7 Å². The zero-order valence-corrected chi connectivity index (χ0v) is 15.2. The smallest absolute Gasteiger partial charge is 0.121 e. The van der Waals surface area contributed by atoms with Crippen molar-refractivity contribution >= 4 is 5.69 Å². The van der Waals surface area contributed by atoms with Crippen molar-refractivity contribution in [1.29, 1.82) is 0 Å². The molecule has 0 amide bonds. The zero-order valence-electron chi connectivity index (χ0n) is 15.2. The van der Waals surface area contributed by atoms with E-state index in [1.165, 1.54) is 5.56 Å². The highest BCUT2D eigenvalue weighted by atomic mass is 16.5. The summed E-state index contributed by atoms with van der Waals surface area (Å²) in [6, 6.07) is 16.4. The predicted octanol–water partition coefficient (Wildman–Crippen LogP) is 5.51. The fraction of sp³-hybridized carbons (Fsp3) is 0.429. The first kappa shape index (κ1) is 18.2. The summed E-state index contributed by atoms with van der Waals surface area (Å²) in [6.45, 7) is 10.0. The lowest BCUT2D eigenvalue weighted by Crippen LogP contribution is -2.06. The van der Waals surface area contributed by atoms with Gasteiger partial charge >= 0.3 is 0 Å². The Morgan fingerprint density at radius 2 is 1.67 bits per heavy atom. The van der Waals surface area contributed by atoms with E-state index in [0.29, 0.717) is 5.92 Å². The molecule has 0 heterocycles. The van der Waals surface area contributed by atoms with Crippen molar-refractivity contribution in [2.75, 3.05) is 11.9 Å². The summed E-state index contributed by atoms with van der Waals surface area (Å²) in [6.07, 6.45) is 1.27. The van der Waals surface area contributed by atoms with Crippen LogP contribution < -0.4 is 14.8 Å². The Morgan fingerprint density at radius 3 is 2.33 bits per heavy atom. The normalized spacial score (nSPS) is 10.9. The third kappa shape index (κ3) is 6.53. The van der Waals surface area contributed by atoms with Crippen LogP contribution in [0.4, 0.5) is 5.69 Å². The third-order valence-corrected chi connectivity index (χ3v) is 3.59. The van der Waals surface area contributed by atoms with E-state index >= 15 is 0 Å². The fourth-order valence-corrected chi connectivity index (χ4v) is 2.27. The quantitative estimate of drug-likeness (QED) is 0.658. The maximum Gasteiger partial charge on any atom is 0.121 e. The van der Waals surface area contributed by atoms with E-state index in [1.807, 2.05) is 44.2 Å². The highest BCUT2D eigenvalue weighted by molar-refractivity contribution is 5.48. The first-order valence-corrected chi connectivity index (χ1v) is 8.75. The molecule has 0 atom stereocenters. The van der Waals surface area contributed by atoms with Crippen molar-refractivity contribution in [3.63, 3.8) is 0 Å². The number of rotatable bonds is 9. The lowest BCUT2D eigenvalue weighted by Gasteiger charge is -2.12. The predicted molar refractivity (Wildman–Crippen MR) is 101 cm³/mol. The van der Waals surface area contributed by atoms with Crippen LogP contribution in [-0.2, 0) is 6.54 Å². The molecule has 1 N–H and O–H groups in total. The zero-order chi connectivity index (χ0) is 17.4. The Balaban J connectivity index is 1.83. The van der Waals surface area contributed by atoms with Crippen LogP contribution in [0.25, 0.3) is 0 Å². The summed E-state index contributed by atoms with van der Waals surface area (Å²) in [5, 5.41) is 3.43. The Morgan fingerprint density at radius 1 is 0.917 bits per heavy atom. The molecule has 0 radical (unpaired) electrons. The molecule has 0 bridgehead atoms. The molecule has 2 aromatic carbocycles. The number of benzene rings is 2. The maximum absolute atomic E-state index is 5.75. The van der Waals surface area contributed by atoms with Crippen LogP contribution in [0, 0.1) is 5.92 Å². The van der Waals surface area contributed by atoms with Gasteiger partial charge in [-0.2, -0.15) is 0 Å². The maximum atomic E-state index is 5.75. The van der Waals surface area contributed by atoms with Crippen LogP contribution in [0.1, 0.15) is 39.7 Å². The molecule has 0 spiro atoms. The van der Waals surface area contributed by atoms with Crippen LogP contribution in [0.5, 0.6) is 11.5 Å². The van der Waals surface area contributed by atoms with Crippen molar-refractivity contribution in [3.05, 3.63) is 54.1 Å². The Hall–Kier alpha value is -2.16. The van der Waals surface area contributed by atoms with Gasteiger partial charge in [0.1, 0.15) is 11.5 Å². The summed E-state index contributed by atoms with van der Waals surface area (Å²) < 4.78 is 11.5. The molecule has 0 aromatic heterocycles. The Labute approximate surface area is 146 Å². The molecule has 2 aromatic rings. The summed E-state index contributed by atoms with van der Waals surface area (Å²) in [5.41, 5.74) is 2.28. The fourth-order valence-electron chi connectivity index (χ4n) is 2.27. The third-order valence-electron chi connectivity index (χ3n) is 3.59. The molecule has 130 valence electrons. The molecule has 2 rings (SSSR count). The standard InChI is InChI=1S/C21H29NO2/c1-16(2)12-13-23-20-10-8-18(9-11-20)15-22-19-6-5-7-21(14-19)24-17(3)4/h5-11,14,16-17,22H,12-13,15H2,1-4H3. The van der Waals surface area contributed by atoms with Gasteiger partial charge in [0.25, 0.3) is 0 Å². The summed E-state index contributed by atoms with van der Waals surface area (Å²) >= 11 is 0. The van der Waals surface area contributed by atoms with Gasteiger partial charge in [0.15, 0.2) is 0 Å². The average Bonchev–Trinajstić information content (AvgIpc) is 2.53. The van der Waals surface area contributed by atoms with Gasteiger partial charge < -0.3 is 14.8 Å². The molecule has 3 heteroatoms. The lowest BCUT2D eigenvalue weighted by molar-refractivity contribution is 0.242. The monoisotopic (exact) mass is 327 g/mol. The molecule has 3 nitrogen and oxygen atoms in total. The van der Waals surface area contributed by atoms with Gasteiger partial charge in [-0.15, -0.1) is 0 Å². The van der Waals surface area contributed by atoms with Crippen LogP contribution in [0.15, 0.2) is 48.5 Å². The minimum atomic E-state index is 0.184. The molecule has 0 aliphatic heterocycles. The van der Waals surface area contributed by atoms with E-state index < -0.39 is 0 Å². The number of ether oxygens (including phenoxy) is 2. The van der Waals surface area contributed by atoms with E-state index in [-0.39, 0.29) is 6.10 Å². The second-order valence-corrected chi connectivity index (χ2v) is 6.72. The van der Waals surface area contributed by atoms with Crippen LogP contribution in [0.2, 0.25) is 0 Å². The Kier molecular flexibility index (Phi) is 6.98. The largest absolute Gasteiger partial charge is 0.494 e. The van der Waals surface area contributed by atoms with Crippen molar-refractivity contribution in [2.45, 2.75) is 46.8 Å². The molecule has 24 heavy (non-hydrogen) atoms. The highest BCUT2D eigenvalue weighted by Gasteiger charge is 2.01. The van der Waals surface area contributed by atoms with E-state index in [2.05, 4.69) is 37.4 Å². The molecular weight excluding hydrogens is 298 g/mol. The van der Waals surface area contributed by atoms with E-state index in [0.717, 1.165) is 36.8 Å². The highest BCUT2D eigenvalue weighted by Crippen LogP contribution is 2.20. The molecular formula is C21H29NO2. The number of nitrogens with one attached hydrogen (secondary N) is 1. The van der Waals surface area contributed by atoms with Gasteiger partial charge in [0.05, 0.1) is 12.7 Å². The summed E-state index contributed by atoms with van der Waals surface area (Å²) in [4.78, 5) is 0.